The van der Waals surface area contributed by atoms with Gasteiger partial charge >= 0.3 is 0 Å². The van der Waals surface area contributed by atoms with Crippen molar-refractivity contribution in [3.8, 4) is 11.4 Å². The molecule has 17 heavy (non-hydrogen) atoms. The summed E-state index contributed by atoms with van der Waals surface area (Å²) < 4.78 is 1.50. The minimum absolute atomic E-state index is 0.0878. The minimum atomic E-state index is 0.0878. The molecule has 1 N–H and O–H groups in total. The first-order valence-electron chi connectivity index (χ1n) is 5.34. The standard InChI is InChI=1S/C12H13N3O2/c1-8(2)12-9(7-16)13-14-15(12)10-5-3-4-6-11(10)17/h3-8,17H,1-2H3. The van der Waals surface area contributed by atoms with Gasteiger partial charge in [-0.05, 0) is 18.1 Å². The van der Waals surface area contributed by atoms with Gasteiger partial charge in [0.15, 0.2) is 6.29 Å². The fourth-order valence-corrected chi connectivity index (χ4v) is 1.75. The Bertz CT molecular complexity index is 546. The van der Waals surface area contributed by atoms with Gasteiger partial charge in [0.05, 0.1) is 5.69 Å². The maximum atomic E-state index is 10.9. The molecule has 0 bridgehead atoms. The topological polar surface area (TPSA) is 68.0 Å². The SMILES string of the molecule is CC(C)c1c(C=O)nnn1-c1ccccc1O. The number of rotatable bonds is 3. The van der Waals surface area contributed by atoms with Crippen LogP contribution >= 0.6 is 0 Å². The molecule has 5 nitrogen and oxygen atoms in total. The highest BCUT2D eigenvalue weighted by Gasteiger charge is 2.18. The molecule has 2 rings (SSSR count). The van der Waals surface area contributed by atoms with Crippen LogP contribution in [0.1, 0.15) is 35.9 Å². The van der Waals surface area contributed by atoms with Crippen molar-refractivity contribution in [2.45, 2.75) is 19.8 Å². The summed E-state index contributed by atoms with van der Waals surface area (Å²) in [6.45, 7) is 3.89. The molecule has 0 saturated heterocycles. The van der Waals surface area contributed by atoms with Crippen molar-refractivity contribution in [2.24, 2.45) is 0 Å². The Balaban J connectivity index is 2.64. The number of aromatic nitrogens is 3. The third kappa shape index (κ3) is 1.91. The average Bonchev–Trinajstić information content (AvgIpc) is 2.73. The first-order chi connectivity index (χ1) is 8.15. The molecule has 0 aliphatic heterocycles. The van der Waals surface area contributed by atoms with Crippen molar-refractivity contribution in [3.63, 3.8) is 0 Å². The number of phenols is 1. The second kappa shape index (κ2) is 4.37. The third-order valence-electron chi connectivity index (χ3n) is 2.50. The molecule has 0 aliphatic carbocycles. The summed E-state index contributed by atoms with van der Waals surface area (Å²) >= 11 is 0. The van der Waals surface area contributed by atoms with E-state index < -0.39 is 0 Å². The lowest BCUT2D eigenvalue weighted by atomic mass is 10.1. The molecular weight excluding hydrogens is 218 g/mol. The Kier molecular flexibility index (Phi) is 2.91. The molecule has 1 aromatic heterocycles. The Hall–Kier alpha value is -2.17. The van der Waals surface area contributed by atoms with Crippen LogP contribution in [0, 0.1) is 0 Å². The highest BCUT2D eigenvalue weighted by molar-refractivity contribution is 5.74. The van der Waals surface area contributed by atoms with Crippen LogP contribution in [0.5, 0.6) is 5.75 Å². The number of para-hydroxylation sites is 2. The van der Waals surface area contributed by atoms with Gasteiger partial charge in [-0.2, -0.15) is 0 Å². The van der Waals surface area contributed by atoms with Crippen molar-refractivity contribution in [2.75, 3.05) is 0 Å². The number of carbonyl (C=O) groups is 1. The van der Waals surface area contributed by atoms with Crippen LogP contribution < -0.4 is 0 Å². The van der Waals surface area contributed by atoms with Crippen LogP contribution in [0.2, 0.25) is 0 Å². The lowest BCUT2D eigenvalue weighted by molar-refractivity contribution is 0.111. The largest absolute Gasteiger partial charge is 0.506 e. The van der Waals surface area contributed by atoms with Gasteiger partial charge in [0, 0.05) is 0 Å². The zero-order chi connectivity index (χ0) is 12.4. The van der Waals surface area contributed by atoms with Gasteiger partial charge in [0.1, 0.15) is 17.1 Å². The Morgan fingerprint density at radius 3 is 2.65 bits per heavy atom. The predicted octanol–water partition coefficient (Wildman–Crippen LogP) is 1.91. The number of carbonyl (C=O) groups excluding carboxylic acids is 1. The van der Waals surface area contributed by atoms with E-state index in [0.29, 0.717) is 23.4 Å². The molecule has 0 radical (unpaired) electrons. The monoisotopic (exact) mass is 231 g/mol. The van der Waals surface area contributed by atoms with E-state index >= 15 is 0 Å². The molecule has 5 heteroatoms. The maximum Gasteiger partial charge on any atom is 0.172 e. The van der Waals surface area contributed by atoms with Gasteiger partial charge < -0.3 is 5.11 Å². The molecule has 0 amide bonds. The molecule has 0 atom stereocenters. The summed E-state index contributed by atoms with van der Waals surface area (Å²) in [4.78, 5) is 10.9. The molecule has 88 valence electrons. The first kappa shape index (κ1) is 11.3. The van der Waals surface area contributed by atoms with Gasteiger partial charge in [-0.3, -0.25) is 4.79 Å². The molecular formula is C12H13N3O2. The van der Waals surface area contributed by atoms with Crippen LogP contribution in [0.25, 0.3) is 5.69 Å². The highest BCUT2D eigenvalue weighted by Crippen LogP contribution is 2.25. The molecule has 0 spiro atoms. The summed E-state index contributed by atoms with van der Waals surface area (Å²) in [6.07, 6.45) is 0.679. The van der Waals surface area contributed by atoms with Gasteiger partial charge in [0.25, 0.3) is 0 Å². The number of benzene rings is 1. The van der Waals surface area contributed by atoms with E-state index in [1.807, 2.05) is 13.8 Å². The van der Waals surface area contributed by atoms with E-state index in [9.17, 15) is 9.90 Å². The van der Waals surface area contributed by atoms with E-state index in [2.05, 4.69) is 10.3 Å². The highest BCUT2D eigenvalue weighted by atomic mass is 16.3. The number of phenolic OH excluding ortho intramolecular Hbond substituents is 1. The lowest BCUT2D eigenvalue weighted by Gasteiger charge is -2.10. The molecule has 0 aliphatic rings. The van der Waals surface area contributed by atoms with Crippen LogP contribution in [-0.4, -0.2) is 26.4 Å². The Morgan fingerprint density at radius 1 is 1.35 bits per heavy atom. The third-order valence-corrected chi connectivity index (χ3v) is 2.50. The quantitative estimate of drug-likeness (QED) is 0.819. The van der Waals surface area contributed by atoms with Gasteiger partial charge in [-0.15, -0.1) is 5.10 Å². The fourth-order valence-electron chi connectivity index (χ4n) is 1.75. The second-order valence-corrected chi connectivity index (χ2v) is 4.03. The number of aldehydes is 1. The van der Waals surface area contributed by atoms with E-state index in [-0.39, 0.29) is 11.7 Å². The maximum absolute atomic E-state index is 10.9. The number of nitrogens with zero attached hydrogens (tertiary/aromatic N) is 3. The summed E-state index contributed by atoms with van der Waals surface area (Å²) in [7, 11) is 0. The van der Waals surface area contributed by atoms with Gasteiger partial charge in [-0.1, -0.05) is 31.2 Å². The van der Waals surface area contributed by atoms with Crippen LogP contribution in [0.3, 0.4) is 0 Å². The summed E-state index contributed by atoms with van der Waals surface area (Å²) in [6, 6.07) is 6.82. The molecule has 0 fully saturated rings. The van der Waals surface area contributed by atoms with E-state index in [1.54, 1.807) is 24.3 Å². The Morgan fingerprint density at radius 2 is 2.06 bits per heavy atom. The van der Waals surface area contributed by atoms with Gasteiger partial charge in [-0.25, -0.2) is 4.68 Å². The molecule has 1 aromatic carbocycles. The van der Waals surface area contributed by atoms with E-state index in [4.69, 9.17) is 0 Å². The van der Waals surface area contributed by atoms with Crippen molar-refractivity contribution >= 4 is 6.29 Å². The minimum Gasteiger partial charge on any atom is -0.506 e. The molecule has 1 heterocycles. The first-order valence-corrected chi connectivity index (χ1v) is 5.34. The van der Waals surface area contributed by atoms with Crippen molar-refractivity contribution in [1.29, 1.82) is 0 Å². The van der Waals surface area contributed by atoms with Crippen LogP contribution in [-0.2, 0) is 0 Å². The Labute approximate surface area is 98.7 Å². The van der Waals surface area contributed by atoms with Gasteiger partial charge in [0.2, 0.25) is 0 Å². The van der Waals surface area contributed by atoms with E-state index in [1.165, 1.54) is 4.68 Å². The zero-order valence-electron chi connectivity index (χ0n) is 9.66. The molecule has 2 aromatic rings. The normalized spacial score (nSPS) is 10.8. The van der Waals surface area contributed by atoms with Crippen LogP contribution in [0.4, 0.5) is 0 Å². The summed E-state index contributed by atoms with van der Waals surface area (Å²) in [5, 5.41) is 17.5. The molecule has 0 saturated carbocycles. The zero-order valence-corrected chi connectivity index (χ0v) is 9.66. The second-order valence-electron chi connectivity index (χ2n) is 4.03. The fraction of sp³-hybridized carbons (Fsp3) is 0.250. The van der Waals surface area contributed by atoms with Crippen molar-refractivity contribution < 1.29 is 9.90 Å². The molecule has 0 unspecified atom stereocenters. The van der Waals surface area contributed by atoms with Crippen LogP contribution in [0.15, 0.2) is 24.3 Å². The average molecular weight is 231 g/mol. The number of hydrogen-bond acceptors (Lipinski definition) is 4. The predicted molar refractivity (Wildman–Crippen MR) is 62.5 cm³/mol. The summed E-state index contributed by atoms with van der Waals surface area (Å²) in [5.41, 5.74) is 1.53. The van der Waals surface area contributed by atoms with Crippen molar-refractivity contribution in [1.82, 2.24) is 15.0 Å². The number of aromatic hydroxyl groups is 1. The van der Waals surface area contributed by atoms with E-state index in [0.717, 1.165) is 0 Å². The lowest BCUT2D eigenvalue weighted by Crippen LogP contribution is -2.05. The number of hydrogen-bond donors (Lipinski definition) is 1. The smallest absolute Gasteiger partial charge is 0.172 e. The summed E-state index contributed by atoms with van der Waals surface area (Å²) in [5.74, 6) is 0.196. The van der Waals surface area contributed by atoms with Crippen molar-refractivity contribution in [3.05, 3.63) is 35.7 Å².